The number of halogens is 3. The van der Waals surface area contributed by atoms with Crippen molar-refractivity contribution < 1.29 is 13.9 Å². The van der Waals surface area contributed by atoms with Crippen molar-refractivity contribution in [3.63, 3.8) is 0 Å². The highest BCUT2D eigenvalue weighted by atomic mass is 35.5. The minimum absolute atomic E-state index is 0.143. The van der Waals surface area contributed by atoms with Crippen molar-refractivity contribution >= 4 is 23.3 Å². The highest BCUT2D eigenvalue weighted by molar-refractivity contribution is 6.33. The summed E-state index contributed by atoms with van der Waals surface area (Å²) in [6, 6.07) is 9.62. The Morgan fingerprint density at radius 3 is 2.67 bits per heavy atom. The molecular weight excluding hydrogens is 300 g/mol. The molecule has 1 atom stereocenters. The number of anilines is 1. The number of para-hydroxylation sites is 1. The van der Waals surface area contributed by atoms with Gasteiger partial charge in [0.25, 0.3) is 0 Å². The van der Waals surface area contributed by atoms with E-state index < -0.39 is 17.8 Å². The maximum absolute atomic E-state index is 13.9. The van der Waals surface area contributed by atoms with E-state index in [4.69, 9.17) is 11.6 Å². The highest BCUT2D eigenvalue weighted by Crippen LogP contribution is 2.34. The first-order valence-electron chi connectivity index (χ1n) is 6.09. The smallest absolute Gasteiger partial charge is 0.313 e. The molecule has 1 heterocycles. The molecule has 0 spiro atoms. The van der Waals surface area contributed by atoms with Crippen molar-refractivity contribution in [3.8, 4) is 0 Å². The maximum Gasteiger partial charge on any atom is 0.313 e. The van der Waals surface area contributed by atoms with Crippen LogP contribution in [0.25, 0.3) is 0 Å². The Morgan fingerprint density at radius 1 is 1.19 bits per heavy atom. The molecule has 108 valence electrons. The molecule has 0 fully saturated rings. The lowest BCUT2D eigenvalue weighted by Crippen LogP contribution is -2.34. The second-order valence-electron chi connectivity index (χ2n) is 4.43. The number of aliphatic hydroxyl groups is 1. The number of benzene rings is 2. The molecule has 0 amide bonds. The molecule has 0 bridgehead atoms. The molecule has 1 aliphatic heterocycles. The minimum atomic E-state index is -0.814. The number of hydrogen-bond acceptors (Lipinski definition) is 3. The highest BCUT2D eigenvalue weighted by Gasteiger charge is 2.33. The summed E-state index contributed by atoms with van der Waals surface area (Å²) >= 11 is 6.10. The van der Waals surface area contributed by atoms with E-state index in [0.29, 0.717) is 10.7 Å². The molecule has 0 saturated heterocycles. The van der Waals surface area contributed by atoms with Gasteiger partial charge in [-0.15, -0.1) is 5.10 Å². The molecule has 0 saturated carbocycles. The molecule has 1 aliphatic rings. The van der Waals surface area contributed by atoms with Gasteiger partial charge in [-0.25, -0.2) is 8.78 Å². The molecule has 2 aromatic rings. The molecular formula is C14H10ClF2N3O. The van der Waals surface area contributed by atoms with Crippen LogP contribution in [-0.2, 0) is 0 Å². The number of aliphatic hydroxyl groups excluding tert-OH is 1. The normalized spacial score (nSPS) is 17.6. The summed E-state index contributed by atoms with van der Waals surface area (Å²) < 4.78 is 27.0. The van der Waals surface area contributed by atoms with E-state index in [9.17, 15) is 13.9 Å². The van der Waals surface area contributed by atoms with Crippen LogP contribution in [0, 0.1) is 11.6 Å². The minimum Gasteiger partial charge on any atom is -0.479 e. The van der Waals surface area contributed by atoms with Gasteiger partial charge in [0, 0.05) is 11.6 Å². The zero-order chi connectivity index (χ0) is 15.0. The van der Waals surface area contributed by atoms with Gasteiger partial charge in [0.15, 0.2) is 6.17 Å². The first-order valence-corrected chi connectivity index (χ1v) is 6.46. The summed E-state index contributed by atoms with van der Waals surface area (Å²) in [5.74, 6) is -1.42. The Morgan fingerprint density at radius 2 is 1.95 bits per heavy atom. The van der Waals surface area contributed by atoms with Crippen LogP contribution >= 0.6 is 11.6 Å². The van der Waals surface area contributed by atoms with Gasteiger partial charge >= 0.3 is 6.02 Å². The van der Waals surface area contributed by atoms with Gasteiger partial charge < -0.3 is 5.11 Å². The van der Waals surface area contributed by atoms with E-state index in [0.717, 1.165) is 12.1 Å². The first kappa shape index (κ1) is 13.6. The lowest BCUT2D eigenvalue weighted by molar-refractivity contribution is 0.518. The predicted molar refractivity (Wildman–Crippen MR) is 76.2 cm³/mol. The van der Waals surface area contributed by atoms with Crippen LogP contribution in [0.2, 0.25) is 5.02 Å². The third kappa shape index (κ3) is 2.38. The van der Waals surface area contributed by atoms with Crippen molar-refractivity contribution in [1.82, 2.24) is 5.43 Å². The summed E-state index contributed by atoms with van der Waals surface area (Å²) in [4.78, 5) is 1.33. The topological polar surface area (TPSA) is 47.9 Å². The Labute approximate surface area is 124 Å². The van der Waals surface area contributed by atoms with Crippen LogP contribution < -0.4 is 10.3 Å². The number of amidine groups is 1. The van der Waals surface area contributed by atoms with E-state index in [2.05, 4.69) is 10.5 Å². The third-order valence-corrected chi connectivity index (χ3v) is 3.45. The molecule has 0 radical (unpaired) electrons. The Balaban J connectivity index is 2.05. The Hall–Kier alpha value is -2.34. The summed E-state index contributed by atoms with van der Waals surface area (Å²) in [5.41, 5.74) is 3.20. The molecule has 0 aliphatic carbocycles. The molecule has 3 rings (SSSR count). The van der Waals surface area contributed by atoms with E-state index in [1.54, 1.807) is 24.3 Å². The number of hydrogen-bond donors (Lipinski definition) is 2. The van der Waals surface area contributed by atoms with Crippen molar-refractivity contribution in [2.45, 2.75) is 6.17 Å². The van der Waals surface area contributed by atoms with E-state index in [1.165, 1.54) is 11.0 Å². The summed E-state index contributed by atoms with van der Waals surface area (Å²) in [6.45, 7) is 0. The van der Waals surface area contributed by atoms with Gasteiger partial charge in [-0.3, -0.25) is 10.3 Å². The average Bonchev–Trinajstić information content (AvgIpc) is 2.81. The number of nitrogens with one attached hydrogen (secondary N) is 1. The fourth-order valence-electron chi connectivity index (χ4n) is 2.17. The fraction of sp³-hybridized carbons (Fsp3) is 0.0714. The monoisotopic (exact) mass is 309 g/mol. The first-order chi connectivity index (χ1) is 10.1. The summed E-state index contributed by atoms with van der Waals surface area (Å²) in [5, 5.41) is 14.0. The molecule has 21 heavy (non-hydrogen) atoms. The van der Waals surface area contributed by atoms with Crippen molar-refractivity contribution in [1.29, 1.82) is 0 Å². The summed E-state index contributed by atoms with van der Waals surface area (Å²) in [6.07, 6.45) is -0.814. The van der Waals surface area contributed by atoms with Crippen LogP contribution in [0.4, 0.5) is 14.5 Å². The molecule has 7 heteroatoms. The van der Waals surface area contributed by atoms with Crippen LogP contribution in [0.5, 0.6) is 0 Å². The van der Waals surface area contributed by atoms with Gasteiger partial charge in [0.1, 0.15) is 11.6 Å². The lowest BCUT2D eigenvalue weighted by atomic mass is 10.1. The fourth-order valence-corrected chi connectivity index (χ4v) is 2.40. The van der Waals surface area contributed by atoms with Crippen molar-refractivity contribution in [2.24, 2.45) is 5.10 Å². The van der Waals surface area contributed by atoms with Gasteiger partial charge in [-0.05, 0) is 24.3 Å². The SMILES string of the molecule is OC1=NNC(c2ccc(F)cc2F)N1c1ccccc1Cl. The van der Waals surface area contributed by atoms with Crippen molar-refractivity contribution in [2.75, 3.05) is 4.90 Å². The van der Waals surface area contributed by atoms with E-state index in [1.807, 2.05) is 0 Å². The lowest BCUT2D eigenvalue weighted by Gasteiger charge is -2.26. The predicted octanol–water partition coefficient (Wildman–Crippen LogP) is 3.56. The largest absolute Gasteiger partial charge is 0.479 e. The molecule has 0 aromatic heterocycles. The van der Waals surface area contributed by atoms with Crippen LogP contribution in [0.15, 0.2) is 47.6 Å². The summed E-state index contributed by atoms with van der Waals surface area (Å²) in [7, 11) is 0. The van der Waals surface area contributed by atoms with Gasteiger partial charge in [-0.2, -0.15) is 0 Å². The van der Waals surface area contributed by atoms with E-state index >= 15 is 0 Å². The number of rotatable bonds is 2. The molecule has 2 N–H and O–H groups in total. The van der Waals surface area contributed by atoms with Crippen molar-refractivity contribution in [3.05, 3.63) is 64.7 Å². The Bertz CT molecular complexity index is 723. The quantitative estimate of drug-likeness (QED) is 0.892. The van der Waals surface area contributed by atoms with E-state index in [-0.39, 0.29) is 11.6 Å². The van der Waals surface area contributed by atoms with Crippen LogP contribution in [0.1, 0.15) is 11.7 Å². The molecule has 1 unspecified atom stereocenters. The maximum atomic E-state index is 13.9. The van der Waals surface area contributed by atoms with Gasteiger partial charge in [0.2, 0.25) is 0 Å². The zero-order valence-corrected chi connectivity index (χ0v) is 11.4. The second-order valence-corrected chi connectivity index (χ2v) is 4.84. The molecule has 2 aromatic carbocycles. The van der Waals surface area contributed by atoms with Gasteiger partial charge in [-0.1, -0.05) is 23.7 Å². The van der Waals surface area contributed by atoms with Crippen LogP contribution in [0.3, 0.4) is 0 Å². The van der Waals surface area contributed by atoms with Crippen LogP contribution in [-0.4, -0.2) is 11.1 Å². The second kappa shape index (κ2) is 5.21. The third-order valence-electron chi connectivity index (χ3n) is 3.13. The average molecular weight is 310 g/mol. The Kier molecular flexibility index (Phi) is 3.39. The number of nitrogens with zero attached hydrogens (tertiary/aromatic N) is 2. The van der Waals surface area contributed by atoms with Gasteiger partial charge in [0.05, 0.1) is 10.7 Å². The molecule has 4 nitrogen and oxygen atoms in total. The zero-order valence-electron chi connectivity index (χ0n) is 10.6. The standard InChI is InChI=1S/C14H10ClF2N3O/c15-10-3-1-2-4-12(10)20-13(18-19-14(20)21)9-6-5-8(16)7-11(9)17/h1-7,13,18H,(H,19,21). The number of hydrazone groups is 1.